The molecule has 4 heteroatoms. The molecule has 100 valence electrons. The largest absolute Gasteiger partial charge is 0.460 e. The van der Waals surface area contributed by atoms with E-state index < -0.39 is 5.54 Å². The maximum Gasteiger partial charge on any atom is 0.307 e. The van der Waals surface area contributed by atoms with Crippen molar-refractivity contribution in [2.75, 3.05) is 33.3 Å². The number of quaternary nitrogens is 1. The summed E-state index contributed by atoms with van der Waals surface area (Å²) in [4.78, 5) is 11.5. The molecule has 0 aromatic rings. The first-order valence-electron chi connectivity index (χ1n) is 6.59. The Hall–Kier alpha value is -0.610. The lowest BCUT2D eigenvalue weighted by Crippen LogP contribution is -2.50. The summed E-state index contributed by atoms with van der Waals surface area (Å²) in [6.07, 6.45) is 4.21. The van der Waals surface area contributed by atoms with Crippen LogP contribution >= 0.6 is 0 Å². The fourth-order valence-corrected chi connectivity index (χ4v) is 2.30. The number of likely N-dealkylation sites (tertiary alicyclic amines) is 1. The Balaban J connectivity index is 2.20. The zero-order chi connectivity index (χ0) is 12.9. The zero-order valence-corrected chi connectivity index (χ0v) is 11.5. The predicted molar refractivity (Wildman–Crippen MR) is 68.5 cm³/mol. The van der Waals surface area contributed by atoms with Gasteiger partial charge in [-0.1, -0.05) is 0 Å². The molecule has 1 saturated heterocycles. The van der Waals surface area contributed by atoms with Crippen LogP contribution in [0.3, 0.4) is 0 Å². The lowest BCUT2D eigenvalue weighted by molar-refractivity contribution is -0.914. The topological polar surface area (TPSA) is 52.3 Å². The van der Waals surface area contributed by atoms with Crippen LogP contribution in [0.4, 0.5) is 0 Å². The van der Waals surface area contributed by atoms with E-state index in [1.54, 1.807) is 0 Å². The smallest absolute Gasteiger partial charge is 0.307 e. The number of ether oxygens (including phenoxy) is 1. The minimum absolute atomic E-state index is 0.180. The van der Waals surface area contributed by atoms with Gasteiger partial charge in [0.25, 0.3) is 0 Å². The third-order valence-corrected chi connectivity index (χ3v) is 3.39. The second kappa shape index (κ2) is 5.83. The SMILES string of the molecule is CC(C)(N)CC(=O)OCC[N+]1(C)CCCCC1. The van der Waals surface area contributed by atoms with Crippen molar-refractivity contribution in [1.29, 1.82) is 0 Å². The molecular formula is C13H27N2O2+. The minimum atomic E-state index is -0.472. The third-order valence-electron chi connectivity index (χ3n) is 3.39. The molecule has 0 bridgehead atoms. The molecule has 1 fully saturated rings. The van der Waals surface area contributed by atoms with Crippen LogP contribution in [0.5, 0.6) is 0 Å². The van der Waals surface area contributed by atoms with Crippen molar-refractivity contribution >= 4 is 5.97 Å². The van der Waals surface area contributed by atoms with E-state index in [4.69, 9.17) is 10.5 Å². The quantitative estimate of drug-likeness (QED) is 0.585. The lowest BCUT2D eigenvalue weighted by Gasteiger charge is -2.37. The molecule has 0 radical (unpaired) electrons. The molecule has 1 rings (SSSR count). The van der Waals surface area contributed by atoms with Crippen LogP contribution in [0.15, 0.2) is 0 Å². The number of hydrogen-bond donors (Lipinski definition) is 1. The number of rotatable bonds is 5. The average Bonchev–Trinajstić information content (AvgIpc) is 2.15. The van der Waals surface area contributed by atoms with Gasteiger partial charge in [-0.15, -0.1) is 0 Å². The zero-order valence-electron chi connectivity index (χ0n) is 11.5. The summed E-state index contributed by atoms with van der Waals surface area (Å²) in [5.74, 6) is -0.180. The normalized spacial score (nSPS) is 20.0. The van der Waals surface area contributed by atoms with Gasteiger partial charge in [0.05, 0.1) is 26.6 Å². The van der Waals surface area contributed by atoms with Crippen LogP contribution in [-0.4, -0.2) is 49.3 Å². The molecule has 0 atom stereocenters. The highest BCUT2D eigenvalue weighted by Crippen LogP contribution is 2.15. The average molecular weight is 243 g/mol. The van der Waals surface area contributed by atoms with Crippen molar-refractivity contribution in [2.24, 2.45) is 5.73 Å². The second-order valence-corrected chi connectivity index (χ2v) is 6.24. The minimum Gasteiger partial charge on any atom is -0.460 e. The molecule has 17 heavy (non-hydrogen) atoms. The molecule has 4 nitrogen and oxygen atoms in total. The van der Waals surface area contributed by atoms with Gasteiger partial charge in [-0.25, -0.2) is 0 Å². The number of hydrogen-bond acceptors (Lipinski definition) is 3. The molecule has 0 saturated carbocycles. The van der Waals surface area contributed by atoms with Gasteiger partial charge >= 0.3 is 5.97 Å². The van der Waals surface area contributed by atoms with Gasteiger partial charge in [0.2, 0.25) is 0 Å². The van der Waals surface area contributed by atoms with Gasteiger partial charge in [0, 0.05) is 5.54 Å². The number of piperidine rings is 1. The first-order valence-corrected chi connectivity index (χ1v) is 6.59. The van der Waals surface area contributed by atoms with Crippen molar-refractivity contribution in [3.63, 3.8) is 0 Å². The summed E-state index contributed by atoms with van der Waals surface area (Å²) in [7, 11) is 2.25. The summed E-state index contributed by atoms with van der Waals surface area (Å²) in [5, 5.41) is 0. The van der Waals surface area contributed by atoms with Gasteiger partial charge in [-0.2, -0.15) is 0 Å². The van der Waals surface area contributed by atoms with Crippen LogP contribution in [0.1, 0.15) is 39.5 Å². The molecule has 0 spiro atoms. The molecule has 1 aliphatic rings. The maximum absolute atomic E-state index is 11.5. The Morgan fingerprint density at radius 3 is 2.41 bits per heavy atom. The molecule has 1 heterocycles. The Morgan fingerprint density at radius 2 is 1.88 bits per heavy atom. The Morgan fingerprint density at radius 1 is 1.29 bits per heavy atom. The first-order chi connectivity index (χ1) is 7.81. The van der Waals surface area contributed by atoms with Crippen LogP contribution in [-0.2, 0) is 9.53 Å². The Kier molecular flexibility index (Phi) is 4.95. The molecule has 0 aliphatic carbocycles. The van der Waals surface area contributed by atoms with Crippen molar-refractivity contribution in [3.8, 4) is 0 Å². The van der Waals surface area contributed by atoms with Crippen LogP contribution in [0.2, 0.25) is 0 Å². The van der Waals surface area contributed by atoms with Crippen molar-refractivity contribution in [2.45, 2.75) is 45.1 Å². The van der Waals surface area contributed by atoms with Crippen molar-refractivity contribution < 1.29 is 14.0 Å². The van der Waals surface area contributed by atoms with E-state index in [9.17, 15) is 4.79 Å². The van der Waals surface area contributed by atoms with Gasteiger partial charge in [-0.05, 0) is 33.1 Å². The number of carbonyl (C=O) groups is 1. The van der Waals surface area contributed by atoms with Crippen LogP contribution in [0.25, 0.3) is 0 Å². The van der Waals surface area contributed by atoms with E-state index in [1.165, 1.54) is 32.4 Å². The monoisotopic (exact) mass is 243 g/mol. The molecule has 0 aromatic heterocycles. The standard InChI is InChI=1S/C13H27N2O2/c1-13(2,14)11-12(16)17-10-9-15(3)7-5-4-6-8-15/h4-11,14H2,1-3H3/q+1. The highest BCUT2D eigenvalue weighted by Gasteiger charge is 2.25. The molecule has 1 aliphatic heterocycles. The van der Waals surface area contributed by atoms with E-state index in [1.807, 2.05) is 13.8 Å². The highest BCUT2D eigenvalue weighted by atomic mass is 16.5. The Labute approximate surface area is 105 Å². The van der Waals surface area contributed by atoms with Crippen LogP contribution in [0, 0.1) is 0 Å². The van der Waals surface area contributed by atoms with E-state index in [0.29, 0.717) is 6.61 Å². The van der Waals surface area contributed by atoms with E-state index in [-0.39, 0.29) is 12.4 Å². The summed E-state index contributed by atoms with van der Waals surface area (Å²) in [5.41, 5.74) is 5.30. The molecular weight excluding hydrogens is 216 g/mol. The van der Waals surface area contributed by atoms with Gasteiger partial charge in [0.1, 0.15) is 13.2 Å². The predicted octanol–water partition coefficient (Wildman–Crippen LogP) is 1.29. The fraction of sp³-hybridized carbons (Fsp3) is 0.923. The fourth-order valence-electron chi connectivity index (χ4n) is 2.30. The summed E-state index contributed by atoms with van der Waals surface area (Å²) >= 11 is 0. The summed E-state index contributed by atoms with van der Waals surface area (Å²) in [6.45, 7) is 7.54. The third kappa shape index (κ3) is 6.03. The van der Waals surface area contributed by atoms with Crippen molar-refractivity contribution in [1.82, 2.24) is 0 Å². The summed E-state index contributed by atoms with van der Waals surface area (Å²) < 4.78 is 6.29. The van der Waals surface area contributed by atoms with E-state index >= 15 is 0 Å². The van der Waals surface area contributed by atoms with E-state index in [2.05, 4.69) is 7.05 Å². The summed E-state index contributed by atoms with van der Waals surface area (Å²) in [6, 6.07) is 0. The number of nitrogens with two attached hydrogens (primary N) is 1. The van der Waals surface area contributed by atoms with Gasteiger partial charge in [-0.3, -0.25) is 4.79 Å². The maximum atomic E-state index is 11.5. The number of esters is 1. The number of nitrogens with zero attached hydrogens (tertiary/aromatic N) is 1. The lowest BCUT2D eigenvalue weighted by atomic mass is 10.0. The molecule has 0 amide bonds. The Bertz CT molecular complexity index is 253. The van der Waals surface area contributed by atoms with Crippen LogP contribution < -0.4 is 5.73 Å². The van der Waals surface area contributed by atoms with Crippen molar-refractivity contribution in [3.05, 3.63) is 0 Å². The van der Waals surface area contributed by atoms with E-state index in [0.717, 1.165) is 11.0 Å². The molecule has 0 unspecified atom stereocenters. The second-order valence-electron chi connectivity index (χ2n) is 6.24. The molecule has 0 aromatic carbocycles. The van der Waals surface area contributed by atoms with Gasteiger partial charge < -0.3 is 15.0 Å². The first kappa shape index (κ1) is 14.5. The molecule has 2 N–H and O–H groups in total. The van der Waals surface area contributed by atoms with Gasteiger partial charge in [0.15, 0.2) is 0 Å². The number of likely N-dealkylation sites (N-methyl/N-ethyl adjacent to an activating group) is 1. The number of carbonyl (C=O) groups excluding carboxylic acids is 1. The highest BCUT2D eigenvalue weighted by molar-refractivity contribution is 5.70.